The normalized spacial score (nSPS) is 13.8. The number of nitrogens with zero attached hydrogens (tertiary/aromatic N) is 1. The number of imide groups is 2. The molecule has 2 N–H and O–H groups in total. The number of rotatable bonds is 10. The molecule has 1 heterocycles. The molecule has 1 fully saturated rings. The zero-order valence-electron chi connectivity index (χ0n) is 24.0. The van der Waals surface area contributed by atoms with Gasteiger partial charge in [0, 0.05) is 5.69 Å². The smallest absolute Gasteiger partial charge is 0.335 e. The Morgan fingerprint density at radius 2 is 1.67 bits per heavy atom. The first kappa shape index (κ1) is 32.6. The Balaban J connectivity index is 1.30. The van der Waals surface area contributed by atoms with Gasteiger partial charge in [-0.25, -0.2) is 9.69 Å². The molecule has 0 bridgehead atoms. The summed E-state index contributed by atoms with van der Waals surface area (Å²) in [6.07, 6.45) is 1.32. The molecule has 46 heavy (non-hydrogen) atoms. The molecule has 5 rings (SSSR count). The van der Waals surface area contributed by atoms with Crippen molar-refractivity contribution in [1.29, 1.82) is 0 Å². The molecule has 1 saturated heterocycles. The minimum absolute atomic E-state index is 0.208. The van der Waals surface area contributed by atoms with Crippen molar-refractivity contribution in [2.75, 3.05) is 23.9 Å². The fourth-order valence-electron chi connectivity index (χ4n) is 4.36. The Labute approximate surface area is 282 Å². The molecule has 0 aromatic heterocycles. The van der Waals surface area contributed by atoms with Gasteiger partial charge in [-0.3, -0.25) is 19.7 Å². The summed E-state index contributed by atoms with van der Waals surface area (Å²) in [6, 6.07) is 22.8. The monoisotopic (exact) mass is 723 g/mol. The molecule has 4 aromatic rings. The first-order valence-electron chi connectivity index (χ1n) is 13.6. The number of methoxy groups -OCH3 is 1. The predicted octanol–water partition coefficient (Wildman–Crippen LogP) is 7.03. The van der Waals surface area contributed by atoms with Crippen molar-refractivity contribution in [3.63, 3.8) is 0 Å². The molecule has 5 amide bonds. The van der Waals surface area contributed by atoms with E-state index in [2.05, 4.69) is 26.6 Å². The summed E-state index contributed by atoms with van der Waals surface area (Å²) >= 11 is 15.3. The molecule has 0 unspecified atom stereocenters. The number of urea groups is 1. The molecule has 0 aliphatic carbocycles. The number of benzene rings is 4. The Kier molecular flexibility index (Phi) is 10.3. The molecule has 1 aliphatic heterocycles. The second-order valence-electron chi connectivity index (χ2n) is 9.73. The number of amides is 5. The summed E-state index contributed by atoms with van der Waals surface area (Å²) in [4.78, 5) is 52.2. The second kappa shape index (κ2) is 14.5. The summed E-state index contributed by atoms with van der Waals surface area (Å²) in [5.74, 6) is -1.19. The van der Waals surface area contributed by atoms with Crippen LogP contribution in [0, 0.1) is 0 Å². The predicted molar refractivity (Wildman–Crippen MR) is 177 cm³/mol. The van der Waals surface area contributed by atoms with Crippen molar-refractivity contribution >= 4 is 80.3 Å². The largest absolute Gasteiger partial charge is 0.493 e. The number of carbonyl (C=O) groups is 4. The highest BCUT2D eigenvalue weighted by Gasteiger charge is 2.37. The number of carbonyl (C=O) groups excluding carboxylic acids is 4. The van der Waals surface area contributed by atoms with Crippen LogP contribution in [0.15, 0.2) is 95.0 Å². The highest BCUT2D eigenvalue weighted by atomic mass is 79.9. The molecule has 0 saturated carbocycles. The van der Waals surface area contributed by atoms with E-state index < -0.39 is 23.8 Å². The molecule has 1 aliphatic rings. The van der Waals surface area contributed by atoms with Crippen LogP contribution in [0.4, 0.5) is 16.2 Å². The zero-order valence-corrected chi connectivity index (χ0v) is 27.1. The Bertz CT molecular complexity index is 1850. The van der Waals surface area contributed by atoms with Crippen LogP contribution in [0.5, 0.6) is 17.2 Å². The minimum atomic E-state index is -0.883. The molecule has 13 heteroatoms. The SMILES string of the molecule is COc1cc(/C=C2/C(=O)NC(=O)N(c3ccc(OCc4ccccc4)cc3)C2=O)cc(Br)c1OCC(=O)Nc1ccc(Cl)c(Cl)c1. The number of hydrogen-bond acceptors (Lipinski definition) is 7. The van der Waals surface area contributed by atoms with Crippen molar-refractivity contribution in [2.24, 2.45) is 0 Å². The van der Waals surface area contributed by atoms with Crippen LogP contribution in [0.3, 0.4) is 0 Å². The molecular weight excluding hydrogens is 701 g/mol. The van der Waals surface area contributed by atoms with Crippen molar-refractivity contribution < 1.29 is 33.4 Å². The fourth-order valence-corrected chi connectivity index (χ4v) is 5.24. The average molecular weight is 725 g/mol. The standard InChI is InChI=1S/C33H24BrCl2N3O7/c1-44-28-15-20(14-25(34)30(28)46-18-29(40)37-21-7-12-26(35)27(36)16-21)13-24-31(41)38-33(43)39(32(24)42)22-8-10-23(11-9-22)45-17-19-5-3-2-4-6-19/h2-16H,17-18H2,1H3,(H,37,40)(H,38,41,43)/b24-13-. The number of ether oxygens (including phenoxy) is 3. The van der Waals surface area contributed by atoms with E-state index in [-0.39, 0.29) is 34.4 Å². The van der Waals surface area contributed by atoms with Gasteiger partial charge < -0.3 is 19.5 Å². The number of halogens is 3. The first-order valence-corrected chi connectivity index (χ1v) is 15.1. The molecule has 0 spiro atoms. The third kappa shape index (κ3) is 7.68. The van der Waals surface area contributed by atoms with Gasteiger partial charge in [0.15, 0.2) is 18.1 Å². The van der Waals surface area contributed by atoms with Gasteiger partial charge >= 0.3 is 6.03 Å². The third-order valence-corrected chi connectivity index (χ3v) is 7.89. The summed E-state index contributed by atoms with van der Waals surface area (Å²) < 4.78 is 17.3. The number of anilines is 2. The Morgan fingerprint density at radius 3 is 2.37 bits per heavy atom. The highest BCUT2D eigenvalue weighted by Crippen LogP contribution is 2.38. The highest BCUT2D eigenvalue weighted by molar-refractivity contribution is 9.10. The Morgan fingerprint density at radius 1 is 0.935 bits per heavy atom. The van der Waals surface area contributed by atoms with Gasteiger partial charge in [0.1, 0.15) is 17.9 Å². The zero-order chi connectivity index (χ0) is 32.8. The number of hydrogen-bond donors (Lipinski definition) is 2. The van der Waals surface area contributed by atoms with E-state index >= 15 is 0 Å². The summed E-state index contributed by atoms with van der Waals surface area (Å²) in [5.41, 5.74) is 1.76. The van der Waals surface area contributed by atoms with Gasteiger partial charge in [-0.2, -0.15) is 0 Å². The molecule has 0 atom stereocenters. The van der Waals surface area contributed by atoms with Crippen LogP contribution in [-0.2, 0) is 21.0 Å². The molecular formula is C33H24BrCl2N3O7. The van der Waals surface area contributed by atoms with Gasteiger partial charge in [-0.15, -0.1) is 0 Å². The first-order chi connectivity index (χ1) is 22.1. The van der Waals surface area contributed by atoms with Gasteiger partial charge in [-0.05, 0) is 87.7 Å². The maximum atomic E-state index is 13.4. The van der Waals surface area contributed by atoms with Crippen molar-refractivity contribution in [3.05, 3.63) is 116 Å². The third-order valence-electron chi connectivity index (χ3n) is 6.56. The maximum absolute atomic E-state index is 13.4. The lowest BCUT2D eigenvalue weighted by Gasteiger charge is -2.26. The second-order valence-corrected chi connectivity index (χ2v) is 11.4. The van der Waals surface area contributed by atoms with Crippen molar-refractivity contribution in [3.8, 4) is 17.2 Å². The van der Waals surface area contributed by atoms with Gasteiger partial charge in [-0.1, -0.05) is 53.5 Å². The van der Waals surface area contributed by atoms with E-state index in [0.717, 1.165) is 10.5 Å². The summed E-state index contributed by atoms with van der Waals surface area (Å²) in [6.45, 7) is -0.0246. The lowest BCUT2D eigenvalue weighted by molar-refractivity contribution is -0.122. The van der Waals surface area contributed by atoms with Gasteiger partial charge in [0.2, 0.25) is 0 Å². The summed E-state index contributed by atoms with van der Waals surface area (Å²) in [7, 11) is 1.40. The quantitative estimate of drug-likeness (QED) is 0.133. The minimum Gasteiger partial charge on any atom is -0.493 e. The van der Waals surface area contributed by atoms with Crippen LogP contribution < -0.4 is 29.7 Å². The summed E-state index contributed by atoms with van der Waals surface area (Å²) in [5, 5.41) is 5.50. The number of nitrogens with one attached hydrogen (secondary N) is 2. The fraction of sp³-hybridized carbons (Fsp3) is 0.0909. The average Bonchev–Trinajstić information content (AvgIpc) is 3.04. The van der Waals surface area contributed by atoms with E-state index in [0.29, 0.717) is 33.1 Å². The molecule has 234 valence electrons. The van der Waals surface area contributed by atoms with E-state index in [1.54, 1.807) is 42.5 Å². The lowest BCUT2D eigenvalue weighted by Crippen LogP contribution is -2.54. The van der Waals surface area contributed by atoms with Crippen molar-refractivity contribution in [2.45, 2.75) is 6.61 Å². The van der Waals surface area contributed by atoms with Gasteiger partial charge in [0.25, 0.3) is 17.7 Å². The van der Waals surface area contributed by atoms with Crippen LogP contribution >= 0.6 is 39.1 Å². The van der Waals surface area contributed by atoms with Crippen molar-refractivity contribution in [1.82, 2.24) is 5.32 Å². The van der Waals surface area contributed by atoms with Crippen LogP contribution in [0.1, 0.15) is 11.1 Å². The van der Waals surface area contributed by atoms with E-state index in [4.69, 9.17) is 37.4 Å². The van der Waals surface area contributed by atoms with E-state index in [1.165, 1.54) is 25.3 Å². The van der Waals surface area contributed by atoms with Crippen LogP contribution in [-0.4, -0.2) is 37.5 Å². The number of barbiturate groups is 1. The Hall–Kier alpha value is -4.84. The molecule has 0 radical (unpaired) electrons. The van der Waals surface area contributed by atoms with E-state index in [1.807, 2.05) is 30.3 Å². The van der Waals surface area contributed by atoms with Crippen LogP contribution in [0.25, 0.3) is 6.08 Å². The lowest BCUT2D eigenvalue weighted by atomic mass is 10.1. The van der Waals surface area contributed by atoms with E-state index in [9.17, 15) is 19.2 Å². The topological polar surface area (TPSA) is 123 Å². The van der Waals surface area contributed by atoms with Crippen LogP contribution in [0.2, 0.25) is 10.0 Å². The van der Waals surface area contributed by atoms with Gasteiger partial charge in [0.05, 0.1) is 27.3 Å². The maximum Gasteiger partial charge on any atom is 0.335 e. The molecule has 4 aromatic carbocycles. The molecule has 10 nitrogen and oxygen atoms in total.